The fraction of sp³-hybridized carbons (Fsp3) is 0.100. The van der Waals surface area contributed by atoms with Gasteiger partial charge in [0.1, 0.15) is 11.5 Å². The Balaban J connectivity index is 1.93. The lowest BCUT2D eigenvalue weighted by molar-refractivity contribution is 0.104. The molecule has 1 heterocycles. The highest BCUT2D eigenvalue weighted by molar-refractivity contribution is 6.13. The summed E-state index contributed by atoms with van der Waals surface area (Å²) < 4.78 is 10.5. The van der Waals surface area contributed by atoms with Gasteiger partial charge >= 0.3 is 0 Å². The molecule has 1 aromatic heterocycles. The van der Waals surface area contributed by atoms with Gasteiger partial charge in [-0.1, -0.05) is 18.2 Å². The summed E-state index contributed by atoms with van der Waals surface area (Å²) in [4.78, 5) is 16.9. The van der Waals surface area contributed by atoms with E-state index in [1.165, 1.54) is 6.08 Å². The molecule has 0 radical (unpaired) electrons. The molecule has 24 heavy (non-hydrogen) atoms. The van der Waals surface area contributed by atoms with Crippen molar-refractivity contribution in [2.75, 3.05) is 14.2 Å². The second-order valence-electron chi connectivity index (χ2n) is 5.19. The van der Waals surface area contributed by atoms with Gasteiger partial charge in [-0.05, 0) is 36.4 Å². The van der Waals surface area contributed by atoms with Crippen LogP contribution in [0, 0.1) is 0 Å². The van der Waals surface area contributed by atoms with Crippen LogP contribution in [0.5, 0.6) is 11.5 Å². The number of para-hydroxylation sites is 1. The second-order valence-corrected chi connectivity index (χ2v) is 5.19. The summed E-state index contributed by atoms with van der Waals surface area (Å²) in [5, 5.41) is 0.943. The quantitative estimate of drug-likeness (QED) is 0.523. The number of pyridine rings is 1. The van der Waals surface area contributed by atoms with Crippen LogP contribution in [0.2, 0.25) is 0 Å². The molecule has 3 rings (SSSR count). The SMILES string of the molecule is COc1ccc(/C=C/C(=O)c2cccc3cccnc23)c(OC)c1. The molecule has 0 bridgehead atoms. The number of ether oxygens (including phenoxy) is 2. The normalized spacial score (nSPS) is 10.9. The average molecular weight is 319 g/mol. The van der Waals surface area contributed by atoms with Gasteiger partial charge in [-0.2, -0.15) is 0 Å². The van der Waals surface area contributed by atoms with E-state index in [0.717, 1.165) is 10.9 Å². The number of benzene rings is 2. The zero-order valence-corrected chi connectivity index (χ0v) is 13.5. The molecule has 0 aliphatic heterocycles. The maximum Gasteiger partial charge on any atom is 0.188 e. The fourth-order valence-corrected chi connectivity index (χ4v) is 2.51. The molecular weight excluding hydrogens is 302 g/mol. The predicted molar refractivity (Wildman–Crippen MR) is 94.7 cm³/mol. The topological polar surface area (TPSA) is 48.4 Å². The Hall–Kier alpha value is -3.14. The highest BCUT2D eigenvalue weighted by Gasteiger charge is 2.09. The number of allylic oxidation sites excluding steroid dienone is 1. The smallest absolute Gasteiger partial charge is 0.188 e. The number of hydrogen-bond donors (Lipinski definition) is 0. The molecular formula is C20H17NO3. The molecule has 0 saturated carbocycles. The number of carbonyl (C=O) groups is 1. The van der Waals surface area contributed by atoms with Gasteiger partial charge in [-0.25, -0.2) is 0 Å². The van der Waals surface area contributed by atoms with Crippen molar-refractivity contribution in [1.82, 2.24) is 4.98 Å². The summed E-state index contributed by atoms with van der Waals surface area (Å²) in [6, 6.07) is 14.8. The van der Waals surface area contributed by atoms with Crippen LogP contribution >= 0.6 is 0 Å². The number of hydrogen-bond acceptors (Lipinski definition) is 4. The van der Waals surface area contributed by atoms with Gasteiger partial charge in [-0.3, -0.25) is 9.78 Å². The predicted octanol–water partition coefficient (Wildman–Crippen LogP) is 4.15. The third-order valence-electron chi connectivity index (χ3n) is 3.75. The number of methoxy groups -OCH3 is 2. The zero-order chi connectivity index (χ0) is 16.9. The summed E-state index contributed by atoms with van der Waals surface area (Å²) in [5.41, 5.74) is 2.09. The first-order valence-electron chi connectivity index (χ1n) is 7.51. The van der Waals surface area contributed by atoms with Crippen molar-refractivity contribution in [3.05, 3.63) is 71.9 Å². The van der Waals surface area contributed by atoms with Crippen molar-refractivity contribution >= 4 is 22.8 Å². The van der Waals surface area contributed by atoms with Crippen molar-refractivity contribution in [1.29, 1.82) is 0 Å². The van der Waals surface area contributed by atoms with Crippen molar-refractivity contribution in [3.8, 4) is 11.5 Å². The van der Waals surface area contributed by atoms with E-state index in [9.17, 15) is 4.79 Å². The van der Waals surface area contributed by atoms with Crippen LogP contribution in [0.3, 0.4) is 0 Å². The molecule has 0 N–H and O–H groups in total. The van der Waals surface area contributed by atoms with Gasteiger partial charge < -0.3 is 9.47 Å². The maximum absolute atomic E-state index is 12.6. The first-order chi connectivity index (χ1) is 11.7. The molecule has 0 aliphatic rings. The molecule has 0 aliphatic carbocycles. The minimum Gasteiger partial charge on any atom is -0.497 e. The summed E-state index contributed by atoms with van der Waals surface area (Å²) in [5.74, 6) is 1.25. The van der Waals surface area contributed by atoms with Gasteiger partial charge in [0.25, 0.3) is 0 Å². The highest BCUT2D eigenvalue weighted by Crippen LogP contribution is 2.26. The Labute approximate surface area is 140 Å². The van der Waals surface area contributed by atoms with E-state index >= 15 is 0 Å². The highest BCUT2D eigenvalue weighted by atomic mass is 16.5. The zero-order valence-electron chi connectivity index (χ0n) is 13.5. The minimum absolute atomic E-state index is 0.0998. The van der Waals surface area contributed by atoms with Crippen molar-refractivity contribution in [2.24, 2.45) is 0 Å². The maximum atomic E-state index is 12.6. The molecule has 4 heteroatoms. The van der Waals surface area contributed by atoms with Crippen LogP contribution in [0.1, 0.15) is 15.9 Å². The number of carbonyl (C=O) groups excluding carboxylic acids is 1. The fourth-order valence-electron chi connectivity index (χ4n) is 2.51. The molecule has 4 nitrogen and oxygen atoms in total. The lowest BCUT2D eigenvalue weighted by Crippen LogP contribution is -1.97. The molecule has 0 atom stereocenters. The number of rotatable bonds is 5. The number of fused-ring (bicyclic) bond motifs is 1. The Bertz CT molecular complexity index is 910. The number of aromatic nitrogens is 1. The summed E-state index contributed by atoms with van der Waals surface area (Å²) in [7, 11) is 3.18. The molecule has 0 amide bonds. The van der Waals surface area contributed by atoms with Crippen molar-refractivity contribution < 1.29 is 14.3 Å². The number of ketones is 1. The van der Waals surface area contributed by atoms with Gasteiger partial charge in [0.2, 0.25) is 0 Å². The van der Waals surface area contributed by atoms with Crippen molar-refractivity contribution in [3.63, 3.8) is 0 Å². The third-order valence-corrected chi connectivity index (χ3v) is 3.75. The third kappa shape index (κ3) is 3.13. The van der Waals surface area contributed by atoms with Crippen LogP contribution in [0.25, 0.3) is 17.0 Å². The first-order valence-corrected chi connectivity index (χ1v) is 7.51. The molecule has 0 unspecified atom stereocenters. The summed E-state index contributed by atoms with van der Waals surface area (Å²) in [6.07, 6.45) is 4.96. The summed E-state index contributed by atoms with van der Waals surface area (Å²) >= 11 is 0. The lowest BCUT2D eigenvalue weighted by atomic mass is 10.0. The van der Waals surface area contributed by atoms with Crippen LogP contribution in [-0.4, -0.2) is 25.0 Å². The second kappa shape index (κ2) is 6.96. The van der Waals surface area contributed by atoms with E-state index in [2.05, 4.69) is 4.98 Å². The Morgan fingerprint density at radius 2 is 1.88 bits per heavy atom. The molecule has 0 saturated heterocycles. The Morgan fingerprint density at radius 1 is 1.04 bits per heavy atom. The standard InChI is InChI=1S/C20H17NO3/c1-23-16-10-8-14(19(13-16)24-2)9-11-18(22)17-7-3-5-15-6-4-12-21-20(15)17/h3-13H,1-2H3/b11-9+. The Kier molecular flexibility index (Phi) is 4.57. The van der Waals surface area contributed by atoms with Gasteiger partial charge in [0, 0.05) is 28.8 Å². The van der Waals surface area contributed by atoms with Crippen LogP contribution < -0.4 is 9.47 Å². The molecule has 3 aromatic rings. The van der Waals surface area contributed by atoms with E-state index in [4.69, 9.17) is 9.47 Å². The lowest BCUT2D eigenvalue weighted by Gasteiger charge is -2.07. The van der Waals surface area contributed by atoms with Crippen LogP contribution in [0.4, 0.5) is 0 Å². The minimum atomic E-state index is -0.0998. The van der Waals surface area contributed by atoms with Gasteiger partial charge in [-0.15, -0.1) is 0 Å². The van der Waals surface area contributed by atoms with E-state index in [1.54, 1.807) is 38.6 Å². The first kappa shape index (κ1) is 15.7. The van der Waals surface area contributed by atoms with E-state index < -0.39 is 0 Å². The monoisotopic (exact) mass is 319 g/mol. The van der Waals surface area contributed by atoms with Crippen LogP contribution in [-0.2, 0) is 0 Å². The number of nitrogens with zero attached hydrogens (tertiary/aromatic N) is 1. The van der Waals surface area contributed by atoms with E-state index in [-0.39, 0.29) is 5.78 Å². The molecule has 2 aromatic carbocycles. The van der Waals surface area contributed by atoms with E-state index in [1.807, 2.05) is 36.4 Å². The Morgan fingerprint density at radius 3 is 2.67 bits per heavy atom. The molecule has 120 valence electrons. The average Bonchev–Trinajstić information content (AvgIpc) is 2.65. The van der Waals surface area contributed by atoms with Gasteiger partial charge in [0.05, 0.1) is 19.7 Å². The molecule has 0 fully saturated rings. The molecule has 0 spiro atoms. The largest absolute Gasteiger partial charge is 0.497 e. The van der Waals surface area contributed by atoms with E-state index in [0.29, 0.717) is 22.6 Å². The van der Waals surface area contributed by atoms with Crippen LogP contribution in [0.15, 0.2) is 60.8 Å². The van der Waals surface area contributed by atoms with Gasteiger partial charge in [0.15, 0.2) is 5.78 Å². The van der Waals surface area contributed by atoms with Crippen molar-refractivity contribution in [2.45, 2.75) is 0 Å². The summed E-state index contributed by atoms with van der Waals surface area (Å²) in [6.45, 7) is 0.